The Bertz CT molecular complexity index is 460. The molecule has 2 atom stereocenters. The van der Waals surface area contributed by atoms with Crippen LogP contribution in [0.1, 0.15) is 31.2 Å². The second kappa shape index (κ2) is 8.63. The van der Waals surface area contributed by atoms with Gasteiger partial charge >= 0.3 is 6.09 Å². The van der Waals surface area contributed by atoms with Gasteiger partial charge in [-0.2, -0.15) is 0 Å². The molecule has 5 heteroatoms. The molecule has 1 aromatic carbocycles. The minimum absolute atomic E-state index is 0.158. The van der Waals surface area contributed by atoms with E-state index < -0.39 is 6.09 Å². The smallest absolute Gasteiger partial charge is 0.406 e. The highest BCUT2D eigenvalue weighted by atomic mass is 16.5. The molecule has 1 aromatic rings. The number of aliphatic hydroxyl groups is 1. The zero-order valence-corrected chi connectivity index (χ0v) is 13.1. The van der Waals surface area contributed by atoms with Crippen molar-refractivity contribution in [1.29, 1.82) is 0 Å². The molecular formula is C17H25NO4. The molecule has 0 radical (unpaired) electrons. The normalized spacial score (nSPS) is 21.2. The van der Waals surface area contributed by atoms with E-state index in [0.29, 0.717) is 19.1 Å². The van der Waals surface area contributed by atoms with Gasteiger partial charge in [0.1, 0.15) is 12.4 Å². The molecule has 0 aromatic heterocycles. The topological polar surface area (TPSA) is 67.8 Å². The predicted molar refractivity (Wildman–Crippen MR) is 84.0 cm³/mol. The molecule has 0 aliphatic heterocycles. The van der Waals surface area contributed by atoms with Gasteiger partial charge in [-0.05, 0) is 42.9 Å². The third-order valence-corrected chi connectivity index (χ3v) is 4.12. The molecule has 122 valence electrons. The van der Waals surface area contributed by atoms with Gasteiger partial charge in [-0.1, -0.05) is 25.0 Å². The number of benzene rings is 1. The monoisotopic (exact) mass is 307 g/mol. The van der Waals surface area contributed by atoms with Gasteiger partial charge in [0.05, 0.1) is 19.8 Å². The van der Waals surface area contributed by atoms with Crippen molar-refractivity contribution >= 4 is 6.09 Å². The average Bonchev–Trinajstić information content (AvgIpc) is 2.55. The Hall–Kier alpha value is -1.75. The number of aliphatic hydroxyl groups excluding tert-OH is 1. The van der Waals surface area contributed by atoms with Gasteiger partial charge in [0.25, 0.3) is 0 Å². The van der Waals surface area contributed by atoms with Crippen molar-refractivity contribution in [1.82, 2.24) is 5.32 Å². The Balaban J connectivity index is 1.74. The van der Waals surface area contributed by atoms with Crippen LogP contribution in [0.2, 0.25) is 0 Å². The lowest BCUT2D eigenvalue weighted by Gasteiger charge is -2.27. The van der Waals surface area contributed by atoms with Crippen LogP contribution in [-0.2, 0) is 11.2 Å². The first-order valence-electron chi connectivity index (χ1n) is 7.90. The lowest BCUT2D eigenvalue weighted by molar-refractivity contribution is 0.0700. The number of nitrogens with one attached hydrogen (secondary N) is 1. The van der Waals surface area contributed by atoms with E-state index in [-0.39, 0.29) is 6.10 Å². The maximum absolute atomic E-state index is 10.9. The van der Waals surface area contributed by atoms with Crippen LogP contribution in [0.5, 0.6) is 5.75 Å². The van der Waals surface area contributed by atoms with E-state index in [1.165, 1.54) is 19.1 Å². The molecule has 2 N–H and O–H groups in total. The highest BCUT2D eigenvalue weighted by Crippen LogP contribution is 2.27. The summed E-state index contributed by atoms with van der Waals surface area (Å²) in [6.45, 7) is 0.804. The first-order valence-corrected chi connectivity index (χ1v) is 7.90. The molecule has 5 nitrogen and oxygen atoms in total. The van der Waals surface area contributed by atoms with Crippen LogP contribution in [0.15, 0.2) is 24.3 Å². The molecule has 1 saturated carbocycles. The van der Waals surface area contributed by atoms with Crippen LogP contribution in [0.3, 0.4) is 0 Å². The first-order chi connectivity index (χ1) is 10.7. The number of ether oxygens (including phenoxy) is 2. The van der Waals surface area contributed by atoms with Crippen molar-refractivity contribution in [2.24, 2.45) is 5.92 Å². The highest BCUT2D eigenvalue weighted by Gasteiger charge is 2.22. The third-order valence-electron chi connectivity index (χ3n) is 4.12. The maximum atomic E-state index is 10.9. The number of methoxy groups -OCH3 is 1. The Morgan fingerprint density at radius 3 is 2.68 bits per heavy atom. The van der Waals surface area contributed by atoms with E-state index in [1.54, 1.807) is 0 Å². The molecule has 1 amide bonds. The first kappa shape index (κ1) is 16.6. The Morgan fingerprint density at radius 1 is 1.27 bits per heavy atom. The summed E-state index contributed by atoms with van der Waals surface area (Å²) in [5, 5.41) is 12.6. The summed E-state index contributed by atoms with van der Waals surface area (Å²) in [5.74, 6) is 1.16. The predicted octanol–water partition coefficient (Wildman–Crippen LogP) is 2.52. The molecular weight excluding hydrogens is 282 g/mol. The van der Waals surface area contributed by atoms with E-state index in [4.69, 9.17) is 4.74 Å². The number of rotatable bonds is 6. The van der Waals surface area contributed by atoms with Crippen LogP contribution in [0.25, 0.3) is 0 Å². The average molecular weight is 307 g/mol. The van der Waals surface area contributed by atoms with Crippen molar-refractivity contribution < 1.29 is 19.4 Å². The van der Waals surface area contributed by atoms with Crippen LogP contribution in [-0.4, -0.2) is 37.6 Å². The van der Waals surface area contributed by atoms with Crippen molar-refractivity contribution in [3.8, 4) is 5.75 Å². The number of hydrogen-bond donors (Lipinski definition) is 2. The molecule has 1 fully saturated rings. The number of carbonyl (C=O) groups excluding carboxylic acids is 1. The SMILES string of the molecule is COC(=O)NCCOc1ccc(C[C@@H]2CCCC[C@H]2O)cc1. The summed E-state index contributed by atoms with van der Waals surface area (Å²) < 4.78 is 10.0. The van der Waals surface area contributed by atoms with Crippen LogP contribution in [0, 0.1) is 5.92 Å². The second-order valence-electron chi connectivity index (χ2n) is 5.73. The molecule has 22 heavy (non-hydrogen) atoms. The minimum Gasteiger partial charge on any atom is -0.492 e. The van der Waals surface area contributed by atoms with E-state index in [0.717, 1.165) is 31.4 Å². The van der Waals surface area contributed by atoms with Crippen LogP contribution >= 0.6 is 0 Å². The maximum Gasteiger partial charge on any atom is 0.406 e. The van der Waals surface area contributed by atoms with Gasteiger partial charge in [-0.3, -0.25) is 0 Å². The number of carbonyl (C=O) groups is 1. The largest absolute Gasteiger partial charge is 0.492 e. The fraction of sp³-hybridized carbons (Fsp3) is 0.588. The molecule has 0 saturated heterocycles. The zero-order valence-electron chi connectivity index (χ0n) is 13.1. The summed E-state index contributed by atoms with van der Waals surface area (Å²) in [7, 11) is 1.33. The number of hydrogen-bond acceptors (Lipinski definition) is 4. The fourth-order valence-electron chi connectivity index (χ4n) is 2.84. The summed E-state index contributed by atoms with van der Waals surface area (Å²) in [5.41, 5.74) is 1.23. The summed E-state index contributed by atoms with van der Waals surface area (Å²) in [4.78, 5) is 10.9. The standard InChI is InChI=1S/C17H25NO4/c1-21-17(20)18-10-11-22-15-8-6-13(7-9-15)12-14-4-2-3-5-16(14)19/h6-9,14,16,19H,2-5,10-12H2,1H3,(H,18,20)/t14-,16+/m0/s1. The lowest BCUT2D eigenvalue weighted by atomic mass is 9.82. The number of amides is 1. The summed E-state index contributed by atoms with van der Waals surface area (Å²) in [6, 6.07) is 7.96. The van der Waals surface area contributed by atoms with Gasteiger partial charge in [0.15, 0.2) is 0 Å². The van der Waals surface area contributed by atoms with Crippen LogP contribution in [0.4, 0.5) is 4.79 Å². The molecule has 0 spiro atoms. The van der Waals surface area contributed by atoms with E-state index >= 15 is 0 Å². The summed E-state index contributed by atoms with van der Waals surface area (Å²) in [6.07, 6.45) is 4.71. The van der Waals surface area contributed by atoms with Gasteiger partial charge in [-0.25, -0.2) is 4.79 Å². The van der Waals surface area contributed by atoms with Crippen molar-refractivity contribution in [2.45, 2.75) is 38.2 Å². The quantitative estimate of drug-likeness (QED) is 0.793. The van der Waals surface area contributed by atoms with Gasteiger partial charge in [-0.15, -0.1) is 0 Å². The Labute approximate surface area is 131 Å². The second-order valence-corrected chi connectivity index (χ2v) is 5.73. The van der Waals surface area contributed by atoms with E-state index in [2.05, 4.69) is 10.1 Å². The van der Waals surface area contributed by atoms with Crippen molar-refractivity contribution in [3.63, 3.8) is 0 Å². The Morgan fingerprint density at radius 2 is 2.00 bits per heavy atom. The molecule has 0 heterocycles. The van der Waals surface area contributed by atoms with Crippen LogP contribution < -0.4 is 10.1 Å². The van der Waals surface area contributed by atoms with Crippen molar-refractivity contribution in [2.75, 3.05) is 20.3 Å². The summed E-state index contributed by atoms with van der Waals surface area (Å²) >= 11 is 0. The number of alkyl carbamates (subject to hydrolysis) is 1. The minimum atomic E-state index is -0.454. The van der Waals surface area contributed by atoms with Gasteiger partial charge in [0.2, 0.25) is 0 Å². The highest BCUT2D eigenvalue weighted by molar-refractivity contribution is 5.66. The van der Waals surface area contributed by atoms with E-state index in [1.807, 2.05) is 24.3 Å². The molecule has 2 rings (SSSR count). The van der Waals surface area contributed by atoms with Gasteiger partial charge in [0, 0.05) is 0 Å². The van der Waals surface area contributed by atoms with E-state index in [9.17, 15) is 9.90 Å². The Kier molecular flexibility index (Phi) is 6.52. The zero-order chi connectivity index (χ0) is 15.8. The van der Waals surface area contributed by atoms with Gasteiger partial charge < -0.3 is 19.9 Å². The molecule has 0 bridgehead atoms. The molecule has 1 aliphatic carbocycles. The third kappa shape index (κ3) is 5.22. The lowest BCUT2D eigenvalue weighted by Crippen LogP contribution is -2.27. The van der Waals surface area contributed by atoms with Crippen molar-refractivity contribution in [3.05, 3.63) is 29.8 Å². The fourth-order valence-corrected chi connectivity index (χ4v) is 2.84. The molecule has 0 unspecified atom stereocenters. The molecule has 1 aliphatic rings.